The Kier molecular flexibility index (Phi) is 6.45. The first-order valence-electron chi connectivity index (χ1n) is 12.5. The number of nitrogens with one attached hydrogen (secondary N) is 1. The Morgan fingerprint density at radius 3 is 2.70 bits per heavy atom. The maximum absolute atomic E-state index is 15.2. The fourth-order valence-corrected chi connectivity index (χ4v) is 4.98. The van der Waals surface area contributed by atoms with Gasteiger partial charge in [0.15, 0.2) is 11.6 Å². The zero-order chi connectivity index (χ0) is 26.3. The van der Waals surface area contributed by atoms with Crippen LogP contribution in [0, 0.1) is 11.2 Å². The third kappa shape index (κ3) is 5.06. The van der Waals surface area contributed by atoms with Crippen LogP contribution in [0.4, 0.5) is 10.2 Å². The summed E-state index contributed by atoms with van der Waals surface area (Å²) in [5.74, 6) is -2.12. The average molecular weight is 508 g/mol. The number of anilines is 1. The highest BCUT2D eigenvalue weighted by atomic mass is 19.1. The van der Waals surface area contributed by atoms with Crippen molar-refractivity contribution in [3.8, 4) is 0 Å². The van der Waals surface area contributed by atoms with E-state index >= 15 is 4.39 Å². The van der Waals surface area contributed by atoms with Crippen molar-refractivity contribution in [2.24, 2.45) is 11.1 Å². The first kappa shape index (κ1) is 24.9. The molecule has 1 aromatic carbocycles. The summed E-state index contributed by atoms with van der Waals surface area (Å²) in [6.45, 7) is 3.39. The fourth-order valence-electron chi connectivity index (χ4n) is 4.98. The van der Waals surface area contributed by atoms with Crippen LogP contribution in [-0.4, -0.2) is 52.2 Å². The molecule has 2 fully saturated rings. The highest BCUT2D eigenvalue weighted by Crippen LogP contribution is 2.38. The quantitative estimate of drug-likeness (QED) is 0.427. The number of aromatic nitrogens is 2. The van der Waals surface area contributed by atoms with E-state index in [0.717, 1.165) is 24.5 Å². The standard InChI is InChI=1S/C27H30FN5O4/c1-27(14-30-25(35)21(29)11-16-5-3-2-4-6-16)9-10-32(15-27)24-20(28)12-18-22(34)19(26(36)37)13-33(17-7-8-17)23(18)31-24/h2-6,12-13,17,21H,7-11,14-15,29H2,1H3,(H,30,35)(H,36,37)/t21-,27+/m0/s1. The molecule has 5 rings (SSSR count). The predicted octanol–water partition coefficient (Wildman–Crippen LogP) is 2.47. The van der Waals surface area contributed by atoms with Crippen molar-refractivity contribution >= 4 is 28.7 Å². The van der Waals surface area contributed by atoms with Crippen LogP contribution < -0.4 is 21.4 Å². The molecule has 1 amide bonds. The Labute approximate surface area is 213 Å². The van der Waals surface area contributed by atoms with E-state index in [0.29, 0.717) is 38.1 Å². The van der Waals surface area contributed by atoms with Gasteiger partial charge in [0.25, 0.3) is 0 Å². The molecule has 3 heterocycles. The second-order valence-electron chi connectivity index (χ2n) is 10.5. The molecule has 1 saturated carbocycles. The molecule has 37 heavy (non-hydrogen) atoms. The molecule has 1 aliphatic heterocycles. The van der Waals surface area contributed by atoms with Crippen molar-refractivity contribution in [3.05, 3.63) is 69.8 Å². The van der Waals surface area contributed by atoms with E-state index in [9.17, 15) is 19.5 Å². The van der Waals surface area contributed by atoms with Gasteiger partial charge in [-0.1, -0.05) is 37.3 Å². The minimum atomic E-state index is -1.34. The molecule has 0 radical (unpaired) electrons. The Hall–Kier alpha value is -3.79. The van der Waals surface area contributed by atoms with Crippen LogP contribution >= 0.6 is 0 Å². The molecule has 2 atom stereocenters. The second-order valence-corrected chi connectivity index (χ2v) is 10.5. The molecule has 0 bridgehead atoms. The number of nitrogens with two attached hydrogens (primary N) is 1. The molecule has 2 aliphatic rings. The molecule has 10 heteroatoms. The number of amides is 1. The number of carboxylic acid groups (broad SMARTS) is 1. The molecule has 4 N–H and O–H groups in total. The molecule has 0 spiro atoms. The summed E-state index contributed by atoms with van der Waals surface area (Å²) in [5.41, 5.74) is 5.94. The lowest BCUT2D eigenvalue weighted by molar-refractivity contribution is -0.122. The van der Waals surface area contributed by atoms with Crippen LogP contribution in [0.2, 0.25) is 0 Å². The van der Waals surface area contributed by atoms with Gasteiger partial charge in [-0.05, 0) is 37.3 Å². The van der Waals surface area contributed by atoms with Crippen LogP contribution in [0.1, 0.15) is 48.1 Å². The zero-order valence-electron chi connectivity index (χ0n) is 20.6. The van der Waals surface area contributed by atoms with Crippen molar-refractivity contribution in [1.29, 1.82) is 0 Å². The second kappa shape index (κ2) is 9.59. The summed E-state index contributed by atoms with van der Waals surface area (Å²) in [4.78, 5) is 43.2. The van der Waals surface area contributed by atoms with E-state index in [2.05, 4.69) is 10.3 Å². The number of nitrogens with zero attached hydrogens (tertiary/aromatic N) is 3. The number of pyridine rings is 2. The van der Waals surface area contributed by atoms with E-state index in [1.54, 1.807) is 4.57 Å². The Morgan fingerprint density at radius 2 is 2.03 bits per heavy atom. The molecule has 1 saturated heterocycles. The van der Waals surface area contributed by atoms with Crippen molar-refractivity contribution < 1.29 is 19.1 Å². The Bertz CT molecular complexity index is 1420. The molecule has 0 unspecified atom stereocenters. The lowest BCUT2D eigenvalue weighted by Gasteiger charge is -2.26. The number of carbonyl (C=O) groups is 2. The molecule has 194 valence electrons. The van der Waals surface area contributed by atoms with Gasteiger partial charge in [-0.3, -0.25) is 9.59 Å². The average Bonchev–Trinajstić information content (AvgIpc) is 3.64. The minimum absolute atomic E-state index is 0.0327. The summed E-state index contributed by atoms with van der Waals surface area (Å²) in [6.07, 6.45) is 4.15. The lowest BCUT2D eigenvalue weighted by Crippen LogP contribution is -2.46. The first-order valence-corrected chi connectivity index (χ1v) is 12.5. The van der Waals surface area contributed by atoms with Gasteiger partial charge >= 0.3 is 5.97 Å². The van der Waals surface area contributed by atoms with Gasteiger partial charge in [-0.15, -0.1) is 0 Å². The molecule has 1 aliphatic carbocycles. The number of rotatable bonds is 8. The van der Waals surface area contributed by atoms with Crippen molar-refractivity contribution in [1.82, 2.24) is 14.9 Å². The molecular weight excluding hydrogens is 477 g/mol. The summed E-state index contributed by atoms with van der Waals surface area (Å²) < 4.78 is 16.9. The van der Waals surface area contributed by atoms with E-state index < -0.39 is 23.3 Å². The third-order valence-electron chi connectivity index (χ3n) is 7.29. The van der Waals surface area contributed by atoms with Crippen LogP contribution in [0.5, 0.6) is 0 Å². The largest absolute Gasteiger partial charge is 0.477 e. The monoisotopic (exact) mass is 507 g/mol. The molecule has 9 nitrogen and oxygen atoms in total. The summed E-state index contributed by atoms with van der Waals surface area (Å²) in [5, 5.41) is 12.3. The number of carboxylic acids is 1. The maximum atomic E-state index is 15.2. The third-order valence-corrected chi connectivity index (χ3v) is 7.29. The lowest BCUT2D eigenvalue weighted by atomic mass is 9.89. The number of carbonyl (C=O) groups excluding carboxylic acids is 1. The van der Waals surface area contributed by atoms with Gasteiger partial charge in [0.1, 0.15) is 11.2 Å². The van der Waals surface area contributed by atoms with Gasteiger partial charge in [-0.2, -0.15) is 0 Å². The summed E-state index contributed by atoms with van der Waals surface area (Å²) >= 11 is 0. The molecule has 3 aromatic rings. The van der Waals surface area contributed by atoms with Crippen LogP contribution in [0.25, 0.3) is 11.0 Å². The zero-order valence-corrected chi connectivity index (χ0v) is 20.6. The normalized spacial score (nSPS) is 20.2. The summed E-state index contributed by atoms with van der Waals surface area (Å²) in [6, 6.07) is 10.1. The van der Waals surface area contributed by atoms with Crippen LogP contribution in [0.3, 0.4) is 0 Å². The fraction of sp³-hybridized carbons (Fsp3) is 0.407. The maximum Gasteiger partial charge on any atom is 0.341 e. The van der Waals surface area contributed by atoms with Crippen LogP contribution in [0.15, 0.2) is 47.4 Å². The van der Waals surface area contributed by atoms with Gasteiger partial charge < -0.3 is 25.6 Å². The summed E-state index contributed by atoms with van der Waals surface area (Å²) in [7, 11) is 0. The Balaban J connectivity index is 1.32. The number of hydrogen-bond acceptors (Lipinski definition) is 6. The van der Waals surface area contributed by atoms with Crippen molar-refractivity contribution in [2.45, 2.75) is 44.7 Å². The van der Waals surface area contributed by atoms with Gasteiger partial charge in [-0.25, -0.2) is 14.2 Å². The molecular formula is C27H30FN5O4. The number of hydrogen-bond donors (Lipinski definition) is 3. The van der Waals surface area contributed by atoms with Gasteiger partial charge in [0, 0.05) is 37.3 Å². The van der Waals surface area contributed by atoms with Crippen molar-refractivity contribution in [3.63, 3.8) is 0 Å². The number of benzene rings is 1. The minimum Gasteiger partial charge on any atom is -0.477 e. The topological polar surface area (TPSA) is 131 Å². The Morgan fingerprint density at radius 1 is 1.30 bits per heavy atom. The van der Waals surface area contributed by atoms with E-state index in [1.165, 1.54) is 6.20 Å². The number of fused-ring (bicyclic) bond motifs is 1. The SMILES string of the molecule is C[C@]1(CNC(=O)[C@@H](N)Cc2ccccc2)CCN(c2nc3c(cc2F)c(=O)c(C(=O)O)cn3C2CC2)C1. The van der Waals surface area contributed by atoms with E-state index in [1.807, 2.05) is 42.2 Å². The van der Waals surface area contributed by atoms with Gasteiger partial charge in [0.05, 0.1) is 11.4 Å². The van der Waals surface area contributed by atoms with E-state index in [4.69, 9.17) is 5.73 Å². The first-order chi connectivity index (χ1) is 17.6. The molecule has 2 aromatic heterocycles. The number of halogens is 1. The van der Waals surface area contributed by atoms with Crippen molar-refractivity contribution in [2.75, 3.05) is 24.5 Å². The smallest absolute Gasteiger partial charge is 0.341 e. The highest BCUT2D eigenvalue weighted by molar-refractivity contribution is 5.92. The van der Waals surface area contributed by atoms with E-state index in [-0.39, 0.29) is 34.1 Å². The number of aromatic carboxylic acids is 1. The van der Waals surface area contributed by atoms with Gasteiger partial charge in [0.2, 0.25) is 11.3 Å². The van der Waals surface area contributed by atoms with Crippen LogP contribution in [-0.2, 0) is 11.2 Å². The highest BCUT2D eigenvalue weighted by Gasteiger charge is 2.37. The predicted molar refractivity (Wildman–Crippen MR) is 137 cm³/mol.